The van der Waals surface area contributed by atoms with Gasteiger partial charge in [-0.15, -0.1) is 0 Å². The molecule has 6 heteroatoms. The van der Waals surface area contributed by atoms with Crippen LogP contribution in [0.1, 0.15) is 41.7 Å². The van der Waals surface area contributed by atoms with Gasteiger partial charge in [0.05, 0.1) is 12.6 Å². The Labute approximate surface area is 152 Å². The van der Waals surface area contributed by atoms with Crippen molar-refractivity contribution < 1.29 is 14.1 Å². The summed E-state index contributed by atoms with van der Waals surface area (Å²) < 4.78 is 10.4. The van der Waals surface area contributed by atoms with Gasteiger partial charge in [0.2, 0.25) is 11.7 Å². The van der Waals surface area contributed by atoms with Crippen molar-refractivity contribution in [3.05, 3.63) is 65.5 Å². The Morgan fingerprint density at radius 3 is 2.42 bits per heavy atom. The molecule has 1 heterocycles. The molecular formula is C20H21N3O3. The third-order valence-corrected chi connectivity index (χ3v) is 3.97. The Hall–Kier alpha value is -3.15. The molecule has 1 amide bonds. The molecule has 2 aromatic carbocycles. The Balaban J connectivity index is 1.65. The molecule has 0 aliphatic carbocycles. The standard InChI is InChI=1S/C20H21N3O3/c1-4-25-18-11-9-15(10-12-18)13(2)21-20(24)17-7-5-16(6-8-17)19-22-14(3)26-23-19/h5-13H,4H2,1-3H3,(H,21,24)/t13-/m1/s1. The summed E-state index contributed by atoms with van der Waals surface area (Å²) in [6.45, 7) is 6.26. The summed E-state index contributed by atoms with van der Waals surface area (Å²) in [5.41, 5.74) is 2.39. The van der Waals surface area contributed by atoms with E-state index in [0.717, 1.165) is 16.9 Å². The minimum Gasteiger partial charge on any atom is -0.494 e. The van der Waals surface area contributed by atoms with E-state index in [1.54, 1.807) is 31.2 Å². The van der Waals surface area contributed by atoms with Crippen molar-refractivity contribution in [1.29, 1.82) is 0 Å². The molecule has 0 spiro atoms. The molecule has 0 aliphatic rings. The number of hydrogen-bond acceptors (Lipinski definition) is 5. The fourth-order valence-corrected chi connectivity index (χ4v) is 2.57. The third kappa shape index (κ3) is 4.08. The second-order valence-corrected chi connectivity index (χ2v) is 5.91. The van der Waals surface area contributed by atoms with Gasteiger partial charge in [-0.05, 0) is 43.7 Å². The molecule has 0 aliphatic heterocycles. The molecule has 0 radical (unpaired) electrons. The maximum atomic E-state index is 12.5. The summed E-state index contributed by atoms with van der Waals surface area (Å²) in [4.78, 5) is 16.6. The van der Waals surface area contributed by atoms with E-state index in [4.69, 9.17) is 9.26 Å². The van der Waals surface area contributed by atoms with E-state index < -0.39 is 0 Å². The number of amides is 1. The zero-order valence-electron chi connectivity index (χ0n) is 15.0. The van der Waals surface area contributed by atoms with E-state index in [2.05, 4.69) is 15.5 Å². The van der Waals surface area contributed by atoms with Crippen molar-refractivity contribution in [3.8, 4) is 17.1 Å². The van der Waals surface area contributed by atoms with Gasteiger partial charge in [0.25, 0.3) is 5.91 Å². The van der Waals surface area contributed by atoms with Gasteiger partial charge >= 0.3 is 0 Å². The summed E-state index contributed by atoms with van der Waals surface area (Å²) in [5, 5.41) is 6.87. The molecule has 134 valence electrons. The molecule has 26 heavy (non-hydrogen) atoms. The van der Waals surface area contributed by atoms with Crippen LogP contribution < -0.4 is 10.1 Å². The Morgan fingerprint density at radius 1 is 1.15 bits per heavy atom. The van der Waals surface area contributed by atoms with Gasteiger partial charge in [-0.1, -0.05) is 29.4 Å². The van der Waals surface area contributed by atoms with E-state index in [-0.39, 0.29) is 11.9 Å². The van der Waals surface area contributed by atoms with Crippen molar-refractivity contribution >= 4 is 5.91 Å². The number of carbonyl (C=O) groups excluding carboxylic acids is 1. The topological polar surface area (TPSA) is 77.2 Å². The van der Waals surface area contributed by atoms with Gasteiger partial charge in [0.1, 0.15) is 5.75 Å². The van der Waals surface area contributed by atoms with Crippen LogP contribution in [0.15, 0.2) is 53.1 Å². The smallest absolute Gasteiger partial charge is 0.251 e. The second kappa shape index (κ2) is 7.82. The van der Waals surface area contributed by atoms with Gasteiger partial charge in [0.15, 0.2) is 0 Å². The minimum atomic E-state index is -0.137. The molecule has 0 unspecified atom stereocenters. The molecule has 1 N–H and O–H groups in total. The third-order valence-electron chi connectivity index (χ3n) is 3.97. The second-order valence-electron chi connectivity index (χ2n) is 5.91. The fraction of sp³-hybridized carbons (Fsp3) is 0.250. The Bertz CT molecular complexity index is 870. The predicted molar refractivity (Wildman–Crippen MR) is 98.0 cm³/mol. The van der Waals surface area contributed by atoms with Crippen molar-refractivity contribution in [3.63, 3.8) is 0 Å². The van der Waals surface area contributed by atoms with Crippen LogP contribution in [0.2, 0.25) is 0 Å². The molecule has 0 fully saturated rings. The van der Waals surface area contributed by atoms with Crippen LogP contribution in [-0.2, 0) is 0 Å². The maximum absolute atomic E-state index is 12.5. The summed E-state index contributed by atoms with van der Waals surface area (Å²) in [7, 11) is 0. The minimum absolute atomic E-state index is 0.113. The molecule has 0 bridgehead atoms. The lowest BCUT2D eigenvalue weighted by atomic mass is 10.1. The van der Waals surface area contributed by atoms with Gasteiger partial charge < -0.3 is 14.6 Å². The highest BCUT2D eigenvalue weighted by Crippen LogP contribution is 2.19. The van der Waals surface area contributed by atoms with Crippen LogP contribution in [0.4, 0.5) is 0 Å². The number of aryl methyl sites for hydroxylation is 1. The number of hydrogen-bond donors (Lipinski definition) is 1. The molecule has 0 saturated carbocycles. The fourth-order valence-electron chi connectivity index (χ4n) is 2.57. The number of ether oxygens (including phenoxy) is 1. The van der Waals surface area contributed by atoms with Gasteiger partial charge in [0, 0.05) is 18.1 Å². The lowest BCUT2D eigenvalue weighted by Gasteiger charge is -2.15. The Kier molecular flexibility index (Phi) is 5.31. The number of nitrogens with one attached hydrogen (secondary N) is 1. The largest absolute Gasteiger partial charge is 0.494 e. The lowest BCUT2D eigenvalue weighted by Crippen LogP contribution is -2.26. The van der Waals surface area contributed by atoms with E-state index in [9.17, 15) is 4.79 Å². The quantitative estimate of drug-likeness (QED) is 0.728. The molecule has 1 atom stereocenters. The van der Waals surface area contributed by atoms with Crippen LogP contribution in [0.3, 0.4) is 0 Å². The summed E-state index contributed by atoms with van der Waals surface area (Å²) >= 11 is 0. The van der Waals surface area contributed by atoms with E-state index in [1.165, 1.54) is 0 Å². The highest BCUT2D eigenvalue weighted by Gasteiger charge is 2.13. The van der Waals surface area contributed by atoms with E-state index in [1.807, 2.05) is 38.1 Å². The summed E-state index contributed by atoms with van der Waals surface area (Å²) in [5.74, 6) is 1.70. The normalized spacial score (nSPS) is 11.8. The SMILES string of the molecule is CCOc1ccc([C@@H](C)NC(=O)c2ccc(-c3noc(C)n3)cc2)cc1. The first-order chi connectivity index (χ1) is 12.6. The zero-order valence-corrected chi connectivity index (χ0v) is 15.0. The predicted octanol–water partition coefficient (Wildman–Crippen LogP) is 3.93. The van der Waals surface area contributed by atoms with Gasteiger partial charge in [-0.25, -0.2) is 0 Å². The van der Waals surface area contributed by atoms with E-state index in [0.29, 0.717) is 23.9 Å². The van der Waals surface area contributed by atoms with Crippen LogP contribution in [0.5, 0.6) is 5.75 Å². The van der Waals surface area contributed by atoms with Crippen LogP contribution in [0.25, 0.3) is 11.4 Å². The average Bonchev–Trinajstić information content (AvgIpc) is 3.09. The molecular weight excluding hydrogens is 330 g/mol. The van der Waals surface area contributed by atoms with E-state index >= 15 is 0 Å². The highest BCUT2D eigenvalue weighted by atomic mass is 16.5. The number of rotatable bonds is 6. The first-order valence-electron chi connectivity index (χ1n) is 8.51. The number of aromatic nitrogens is 2. The summed E-state index contributed by atoms with van der Waals surface area (Å²) in [6, 6.07) is 14.7. The first-order valence-corrected chi connectivity index (χ1v) is 8.51. The number of nitrogens with zero attached hydrogens (tertiary/aromatic N) is 2. The van der Waals surface area contributed by atoms with Crippen LogP contribution in [-0.4, -0.2) is 22.7 Å². The first kappa shape index (κ1) is 17.7. The number of benzene rings is 2. The molecule has 3 aromatic rings. The van der Waals surface area contributed by atoms with Crippen molar-refractivity contribution in [1.82, 2.24) is 15.5 Å². The molecule has 1 aromatic heterocycles. The average molecular weight is 351 g/mol. The van der Waals surface area contributed by atoms with Crippen molar-refractivity contribution in [2.75, 3.05) is 6.61 Å². The Morgan fingerprint density at radius 2 is 1.85 bits per heavy atom. The van der Waals surface area contributed by atoms with Crippen molar-refractivity contribution in [2.45, 2.75) is 26.8 Å². The summed E-state index contributed by atoms with van der Waals surface area (Å²) in [6.07, 6.45) is 0. The van der Waals surface area contributed by atoms with Crippen molar-refractivity contribution in [2.24, 2.45) is 0 Å². The van der Waals surface area contributed by atoms with Gasteiger partial charge in [-0.3, -0.25) is 4.79 Å². The lowest BCUT2D eigenvalue weighted by molar-refractivity contribution is 0.0940. The molecule has 3 rings (SSSR count). The van der Waals surface area contributed by atoms with Crippen LogP contribution in [0, 0.1) is 6.92 Å². The molecule has 0 saturated heterocycles. The monoisotopic (exact) mass is 351 g/mol. The highest BCUT2D eigenvalue weighted by molar-refractivity contribution is 5.94. The molecule has 6 nitrogen and oxygen atoms in total. The number of carbonyl (C=O) groups is 1. The zero-order chi connectivity index (χ0) is 18.5. The van der Waals surface area contributed by atoms with Crippen LogP contribution >= 0.6 is 0 Å². The maximum Gasteiger partial charge on any atom is 0.251 e. The van der Waals surface area contributed by atoms with Gasteiger partial charge in [-0.2, -0.15) is 4.98 Å².